The number of alkyl halides is 1. The number of imidazole rings is 2. The fraction of sp³-hybridized carbons (Fsp3) is 0.593. The second-order valence-corrected chi connectivity index (χ2v) is 17.2. The van der Waals surface area contributed by atoms with Gasteiger partial charge >= 0.3 is 13.5 Å². The summed E-state index contributed by atoms with van der Waals surface area (Å²) in [5, 5.41) is 0. The highest BCUT2D eigenvalue weighted by Crippen LogP contribution is 2.58. The molecule has 0 aromatic carbocycles. The van der Waals surface area contributed by atoms with Crippen molar-refractivity contribution in [1.82, 2.24) is 38.4 Å². The van der Waals surface area contributed by atoms with Crippen molar-refractivity contribution in [2.24, 2.45) is 0 Å². The number of hydrogen-bond acceptors (Lipinski definition) is 15. The van der Waals surface area contributed by atoms with Crippen LogP contribution in [0.5, 0.6) is 0 Å². The molecule has 2 bridgehead atoms. The van der Waals surface area contributed by atoms with Crippen molar-refractivity contribution in [1.29, 1.82) is 0 Å². The number of thiol groups is 1. The lowest BCUT2D eigenvalue weighted by atomic mass is 10.1. The summed E-state index contributed by atoms with van der Waals surface area (Å²) in [4.78, 5) is 42.0. The van der Waals surface area contributed by atoms with Crippen molar-refractivity contribution in [2.45, 2.75) is 70.2 Å². The Morgan fingerprint density at radius 3 is 2.52 bits per heavy atom. The summed E-state index contributed by atoms with van der Waals surface area (Å²) >= 11 is 9.36. The number of rotatable bonds is 5. The van der Waals surface area contributed by atoms with Gasteiger partial charge in [0.25, 0.3) is 5.56 Å². The Kier molecular flexibility index (Phi) is 11.4. The number of nitrogens with zero attached hydrogens (tertiary/aromatic N) is 8. The van der Waals surface area contributed by atoms with Gasteiger partial charge in [0.05, 0.1) is 25.6 Å². The first-order chi connectivity index (χ1) is 23.8. The first kappa shape index (κ1) is 37.4. The molecule has 4 aromatic rings. The zero-order valence-corrected chi connectivity index (χ0v) is 30.7. The summed E-state index contributed by atoms with van der Waals surface area (Å²) in [5.41, 5.74) is 5.95. The van der Waals surface area contributed by atoms with Gasteiger partial charge in [-0.05, 0) is 31.4 Å². The predicted octanol–water partition coefficient (Wildman–Crippen LogP) is 2.86. The van der Waals surface area contributed by atoms with E-state index in [1.165, 1.54) is 70.5 Å². The van der Waals surface area contributed by atoms with Crippen molar-refractivity contribution < 1.29 is 41.4 Å². The third-order valence-corrected chi connectivity index (χ3v) is 11.7. The molecule has 9 atom stereocenters. The Labute approximate surface area is 295 Å². The van der Waals surface area contributed by atoms with E-state index in [2.05, 4.69) is 57.9 Å². The monoisotopic (exact) mass is 777 g/mol. The topological polar surface area (TPSA) is 205 Å². The van der Waals surface area contributed by atoms with Crippen LogP contribution in [-0.4, -0.2) is 107 Å². The smallest absolute Gasteiger partial charge is 0.382 e. The Morgan fingerprint density at radius 2 is 1.80 bits per heavy atom. The number of nitrogens with two attached hydrogens (primary N) is 1. The average Bonchev–Trinajstić information content (AvgIpc) is 3.88. The minimum absolute atomic E-state index is 0.0800. The van der Waals surface area contributed by atoms with E-state index in [9.17, 15) is 14.3 Å². The molecule has 3 fully saturated rings. The number of anilines is 1. The first-order valence-corrected chi connectivity index (χ1v) is 21.1. The lowest BCUT2D eigenvalue weighted by Gasteiger charge is -2.27. The highest BCUT2D eigenvalue weighted by atomic mass is 32.7. The maximum absolute atomic E-state index is 16.0. The molecule has 18 nitrogen and oxygen atoms in total. The number of fused-ring (bicyclic) bond motifs is 5. The van der Waals surface area contributed by atoms with Gasteiger partial charge in [0.15, 0.2) is 30.1 Å². The second-order valence-electron chi connectivity index (χ2n) is 11.5. The van der Waals surface area contributed by atoms with Crippen LogP contribution in [0, 0.1) is 0 Å². The summed E-state index contributed by atoms with van der Waals surface area (Å²) in [6, 6.07) is 1.31. The van der Waals surface area contributed by atoms with Crippen LogP contribution >= 0.6 is 25.8 Å². The third-order valence-electron chi connectivity index (χ3n) is 8.51. The van der Waals surface area contributed by atoms with E-state index in [0.717, 1.165) is 0 Å². The summed E-state index contributed by atoms with van der Waals surface area (Å²) < 4.78 is 68.0. The van der Waals surface area contributed by atoms with E-state index >= 15 is 4.39 Å². The number of hydrogen-bond donors (Lipinski definition) is 3. The molecule has 23 heteroatoms. The van der Waals surface area contributed by atoms with Gasteiger partial charge in [0.2, 0.25) is 5.78 Å². The highest BCUT2D eigenvalue weighted by molar-refractivity contribution is 8.44. The molecule has 7 heterocycles. The van der Waals surface area contributed by atoms with E-state index < -0.39 is 63.2 Å². The van der Waals surface area contributed by atoms with Gasteiger partial charge in [-0.2, -0.15) is 0 Å². The average molecular weight is 778 g/mol. The number of halogens is 1. The van der Waals surface area contributed by atoms with Crippen molar-refractivity contribution in [3.05, 3.63) is 47.7 Å². The van der Waals surface area contributed by atoms with E-state index in [1.54, 1.807) is 0 Å². The van der Waals surface area contributed by atoms with Crippen LogP contribution in [0.15, 0.2) is 42.1 Å². The van der Waals surface area contributed by atoms with Crippen molar-refractivity contribution in [2.75, 3.05) is 38.6 Å². The van der Waals surface area contributed by atoms with E-state index in [0.29, 0.717) is 0 Å². The number of nitrogen functional groups attached to an aromatic ring is 1. The summed E-state index contributed by atoms with van der Waals surface area (Å²) in [5.74, 6) is 0.321. The summed E-state index contributed by atoms with van der Waals surface area (Å²) in [7, 11) is 0. The van der Waals surface area contributed by atoms with Gasteiger partial charge in [-0.15, -0.1) is 0 Å². The maximum atomic E-state index is 16.0. The molecule has 2 unspecified atom stereocenters. The fourth-order valence-electron chi connectivity index (χ4n) is 5.95. The molecule has 7 rings (SSSR count). The standard InChI is InChI=1S/C21H23FN8O9P2S2.C6H15N/c22-14-16-12(37-20(14)30-9-27-15-17(23)25-8-26-18(15)30)7-35-40(32,42)38-11-5-10(6-34-41(33,43)39-16)36-19(11)29-3-1-13(31)28-4-2-24-21(28)29;1-4-7(5-2)6-3/h1-4,8-12,14,16,19-20H,5-7H2,(H,32,42)(H,33,43)(H2,23,25,26);4-6H2,1-3H3/t10-,11+,12+,14-,16+,19+,20+,40?,41?;/m0./s1. The molecular formula is C27H38FN9O9P2S2. The quantitative estimate of drug-likeness (QED) is 0.197. The van der Waals surface area contributed by atoms with E-state index in [4.69, 9.17) is 45.1 Å². The molecule has 3 aliphatic heterocycles. The van der Waals surface area contributed by atoms with Gasteiger partial charge in [0.1, 0.15) is 30.2 Å². The summed E-state index contributed by atoms with van der Waals surface area (Å²) in [6.45, 7) is 1.04. The van der Waals surface area contributed by atoms with Crippen molar-refractivity contribution in [3.8, 4) is 0 Å². The normalized spacial score (nSPS) is 33.4. The Bertz CT molecular complexity index is 1960. The zero-order valence-electron chi connectivity index (χ0n) is 27.2. The van der Waals surface area contributed by atoms with Crippen LogP contribution in [0.4, 0.5) is 10.2 Å². The first-order valence-electron chi connectivity index (χ1n) is 15.8. The molecule has 3 N–H and O–H groups in total. The Morgan fingerprint density at radius 1 is 1.04 bits per heavy atom. The van der Waals surface area contributed by atoms with E-state index in [-0.39, 0.29) is 41.3 Å². The summed E-state index contributed by atoms with van der Waals surface area (Å²) in [6.07, 6.45) is -1.81. The largest absolute Gasteiger partial charge is 0.386 e. The van der Waals surface area contributed by atoms with Gasteiger partial charge < -0.3 is 34.0 Å². The van der Waals surface area contributed by atoms with Crippen LogP contribution in [0.2, 0.25) is 0 Å². The van der Waals surface area contributed by atoms with Crippen LogP contribution in [0.1, 0.15) is 39.6 Å². The minimum Gasteiger partial charge on any atom is -0.382 e. The molecule has 50 heavy (non-hydrogen) atoms. The lowest BCUT2D eigenvalue weighted by molar-refractivity contribution is -0.0586. The highest BCUT2D eigenvalue weighted by Gasteiger charge is 2.52. The zero-order chi connectivity index (χ0) is 35.8. The molecule has 0 amide bonds. The Balaban J connectivity index is 0.000000561. The maximum Gasteiger partial charge on any atom is 0.386 e. The third kappa shape index (κ3) is 7.84. The van der Waals surface area contributed by atoms with Gasteiger partial charge in [0, 0.05) is 31.1 Å². The Hall–Kier alpha value is -2.39. The van der Waals surface area contributed by atoms with Gasteiger partial charge in [-0.1, -0.05) is 33.0 Å². The van der Waals surface area contributed by atoms with Crippen LogP contribution < -0.4 is 11.3 Å². The molecule has 3 aliphatic rings. The lowest BCUT2D eigenvalue weighted by Crippen LogP contribution is -2.34. The van der Waals surface area contributed by atoms with Gasteiger partial charge in [-0.3, -0.25) is 27.4 Å². The molecule has 0 spiro atoms. The molecule has 0 aliphatic carbocycles. The molecule has 3 saturated heterocycles. The number of aromatic nitrogens is 7. The van der Waals surface area contributed by atoms with Crippen molar-refractivity contribution >= 4 is 60.3 Å². The molecule has 0 saturated carbocycles. The SMILES string of the molecule is CCN(CC)CC.Nc1ncnc2c1ncn2[C@@H]1O[C@@H]2COP(O)(=S)O[C@@H]3C[C@@H](COP(=O)(S)O[C@H]2[C@@H]1F)O[C@H]3n1ccc(=O)n2ccnc12. The fourth-order valence-corrected chi connectivity index (χ4v) is 8.89. The molecule has 274 valence electrons. The van der Waals surface area contributed by atoms with Crippen LogP contribution in [-0.2, 0) is 43.9 Å². The minimum atomic E-state index is -4.23. The second kappa shape index (κ2) is 15.3. The molecule has 0 radical (unpaired) electrons. The molecule has 4 aromatic heterocycles. The van der Waals surface area contributed by atoms with Crippen LogP contribution in [0.25, 0.3) is 16.9 Å². The predicted molar refractivity (Wildman–Crippen MR) is 185 cm³/mol. The number of ether oxygens (including phenoxy) is 2. The molecular weight excluding hydrogens is 739 g/mol. The van der Waals surface area contributed by atoms with Crippen LogP contribution in [0.3, 0.4) is 0 Å². The van der Waals surface area contributed by atoms with Crippen molar-refractivity contribution in [3.63, 3.8) is 0 Å². The van der Waals surface area contributed by atoms with Gasteiger partial charge in [-0.25, -0.2) is 28.9 Å². The van der Waals surface area contributed by atoms with E-state index in [1.807, 2.05) is 0 Å².